The maximum Gasteiger partial charge on any atom is 0.224 e. The third kappa shape index (κ3) is 3.78. The van der Waals surface area contributed by atoms with Crippen molar-refractivity contribution in [1.29, 1.82) is 0 Å². The molecule has 1 rings (SSSR count). The van der Waals surface area contributed by atoms with Crippen LogP contribution in [0.4, 0.5) is 0 Å². The minimum atomic E-state index is 0.313. The van der Waals surface area contributed by atoms with Gasteiger partial charge < -0.3 is 10.2 Å². The summed E-state index contributed by atoms with van der Waals surface area (Å²) in [6.07, 6.45) is 4.21. The molecular formula is C13H26N2O. The van der Waals surface area contributed by atoms with Crippen molar-refractivity contribution >= 4 is 5.91 Å². The van der Waals surface area contributed by atoms with Crippen LogP contribution in [0, 0.1) is 0 Å². The van der Waals surface area contributed by atoms with Crippen LogP contribution < -0.4 is 5.32 Å². The van der Waals surface area contributed by atoms with Crippen LogP contribution in [0.2, 0.25) is 0 Å². The van der Waals surface area contributed by atoms with E-state index in [1.165, 1.54) is 6.42 Å². The molecule has 0 spiro atoms. The molecule has 3 nitrogen and oxygen atoms in total. The molecule has 0 aromatic rings. The Bertz CT molecular complexity index is 218. The lowest BCUT2D eigenvalue weighted by Gasteiger charge is -2.39. The van der Waals surface area contributed by atoms with Crippen molar-refractivity contribution in [2.75, 3.05) is 6.54 Å². The molecule has 1 aliphatic heterocycles. The highest BCUT2D eigenvalue weighted by Crippen LogP contribution is 2.22. The fourth-order valence-corrected chi connectivity index (χ4v) is 2.51. The summed E-state index contributed by atoms with van der Waals surface area (Å²) in [5, 5.41) is 3.30. The lowest BCUT2D eigenvalue weighted by Crippen LogP contribution is -2.48. The van der Waals surface area contributed by atoms with Gasteiger partial charge in [0.2, 0.25) is 5.91 Å². The number of hydrogen-bond donors (Lipinski definition) is 1. The highest BCUT2D eigenvalue weighted by atomic mass is 16.2. The Kier molecular flexibility index (Phi) is 5.26. The number of carbonyl (C=O) groups is 1. The summed E-state index contributed by atoms with van der Waals surface area (Å²) in [6, 6.07) is 1.31. The first-order chi connectivity index (χ1) is 7.52. The Morgan fingerprint density at radius 1 is 1.31 bits per heavy atom. The summed E-state index contributed by atoms with van der Waals surface area (Å²) in [6.45, 7) is 9.35. The summed E-state index contributed by atoms with van der Waals surface area (Å²) in [4.78, 5) is 14.2. The molecular weight excluding hydrogens is 200 g/mol. The first-order valence-electron chi connectivity index (χ1n) is 6.57. The first kappa shape index (κ1) is 13.5. The molecule has 2 atom stereocenters. The zero-order valence-corrected chi connectivity index (χ0v) is 11.1. The summed E-state index contributed by atoms with van der Waals surface area (Å²) in [5.74, 6) is 0.313. The summed E-state index contributed by atoms with van der Waals surface area (Å²) < 4.78 is 0. The summed E-state index contributed by atoms with van der Waals surface area (Å²) in [5.41, 5.74) is 0. The van der Waals surface area contributed by atoms with Crippen LogP contribution in [0.5, 0.6) is 0 Å². The van der Waals surface area contributed by atoms with Crippen LogP contribution in [0.1, 0.15) is 53.4 Å². The summed E-state index contributed by atoms with van der Waals surface area (Å²) >= 11 is 0. The zero-order chi connectivity index (χ0) is 12.1. The second kappa shape index (κ2) is 6.24. The van der Waals surface area contributed by atoms with Gasteiger partial charge >= 0.3 is 0 Å². The molecule has 1 amide bonds. The third-order valence-electron chi connectivity index (χ3n) is 3.37. The average molecular weight is 226 g/mol. The Balaban J connectivity index is 2.39. The van der Waals surface area contributed by atoms with E-state index in [4.69, 9.17) is 0 Å². The maximum absolute atomic E-state index is 12.1. The second-order valence-electron chi connectivity index (χ2n) is 5.29. The minimum absolute atomic E-state index is 0.313. The van der Waals surface area contributed by atoms with Crippen molar-refractivity contribution in [2.45, 2.75) is 71.5 Å². The van der Waals surface area contributed by atoms with Crippen LogP contribution >= 0.6 is 0 Å². The normalized spacial score (nSPS) is 26.2. The number of likely N-dealkylation sites (tertiary alicyclic amines) is 1. The summed E-state index contributed by atoms with van der Waals surface area (Å²) in [7, 11) is 0. The van der Waals surface area contributed by atoms with Gasteiger partial charge in [0.1, 0.15) is 0 Å². The van der Waals surface area contributed by atoms with Crippen LogP contribution in [0.25, 0.3) is 0 Å². The van der Waals surface area contributed by atoms with E-state index in [9.17, 15) is 4.79 Å². The van der Waals surface area contributed by atoms with Gasteiger partial charge in [-0.25, -0.2) is 0 Å². The predicted molar refractivity (Wildman–Crippen MR) is 67.4 cm³/mol. The van der Waals surface area contributed by atoms with E-state index >= 15 is 0 Å². The van der Waals surface area contributed by atoms with Crippen molar-refractivity contribution in [3.8, 4) is 0 Å². The highest BCUT2D eigenvalue weighted by molar-refractivity contribution is 5.77. The molecule has 1 saturated heterocycles. The molecule has 1 heterocycles. The third-order valence-corrected chi connectivity index (χ3v) is 3.37. The molecule has 0 unspecified atom stereocenters. The van der Waals surface area contributed by atoms with Gasteiger partial charge in [0.05, 0.1) is 0 Å². The number of carbonyl (C=O) groups excluding carboxylic acids is 1. The van der Waals surface area contributed by atoms with Crippen LogP contribution in [-0.4, -0.2) is 35.5 Å². The van der Waals surface area contributed by atoms with E-state index in [0.29, 0.717) is 30.5 Å². The zero-order valence-electron chi connectivity index (χ0n) is 11.1. The van der Waals surface area contributed by atoms with Gasteiger partial charge in [-0.1, -0.05) is 13.8 Å². The van der Waals surface area contributed by atoms with Gasteiger partial charge in [-0.05, 0) is 33.1 Å². The van der Waals surface area contributed by atoms with Gasteiger partial charge in [0.25, 0.3) is 0 Å². The molecule has 0 saturated carbocycles. The van der Waals surface area contributed by atoms with Crippen molar-refractivity contribution in [3.05, 3.63) is 0 Å². The fraction of sp³-hybridized carbons (Fsp3) is 0.923. The van der Waals surface area contributed by atoms with Crippen molar-refractivity contribution in [2.24, 2.45) is 0 Å². The van der Waals surface area contributed by atoms with E-state index in [1.54, 1.807) is 0 Å². The Labute approximate surface area is 99.6 Å². The van der Waals surface area contributed by atoms with E-state index in [2.05, 4.69) is 37.9 Å². The Morgan fingerprint density at radius 3 is 2.38 bits per heavy atom. The van der Waals surface area contributed by atoms with Gasteiger partial charge in [0, 0.05) is 31.1 Å². The van der Waals surface area contributed by atoms with Crippen molar-refractivity contribution in [1.82, 2.24) is 10.2 Å². The molecule has 1 N–H and O–H groups in total. The van der Waals surface area contributed by atoms with Crippen LogP contribution in [-0.2, 0) is 4.79 Å². The van der Waals surface area contributed by atoms with Gasteiger partial charge in [0.15, 0.2) is 0 Å². The topological polar surface area (TPSA) is 32.3 Å². The quantitative estimate of drug-likeness (QED) is 0.796. The molecule has 94 valence electrons. The van der Waals surface area contributed by atoms with Gasteiger partial charge in [-0.2, -0.15) is 0 Å². The smallest absolute Gasteiger partial charge is 0.224 e. The highest BCUT2D eigenvalue weighted by Gasteiger charge is 2.28. The standard InChI is InChI=1S/C13H26N2O/c1-10(2)14-9-8-13(16)15-11(3)6-5-7-12(15)4/h10-12,14H,5-9H2,1-4H3/t11-,12+. The van der Waals surface area contributed by atoms with E-state index < -0.39 is 0 Å². The van der Waals surface area contributed by atoms with E-state index in [-0.39, 0.29) is 0 Å². The number of rotatable bonds is 4. The van der Waals surface area contributed by atoms with Gasteiger partial charge in [-0.15, -0.1) is 0 Å². The predicted octanol–water partition coefficient (Wildman–Crippen LogP) is 2.16. The first-order valence-corrected chi connectivity index (χ1v) is 6.57. The number of nitrogens with one attached hydrogen (secondary N) is 1. The lowest BCUT2D eigenvalue weighted by molar-refractivity contribution is -0.137. The monoisotopic (exact) mass is 226 g/mol. The maximum atomic E-state index is 12.1. The molecule has 0 aromatic carbocycles. The average Bonchev–Trinajstić information content (AvgIpc) is 2.16. The lowest BCUT2D eigenvalue weighted by atomic mass is 9.97. The number of amides is 1. The molecule has 16 heavy (non-hydrogen) atoms. The molecule has 1 aliphatic rings. The van der Waals surface area contributed by atoms with Crippen molar-refractivity contribution < 1.29 is 4.79 Å². The Hall–Kier alpha value is -0.570. The largest absolute Gasteiger partial charge is 0.337 e. The SMILES string of the molecule is CC(C)NCCC(=O)N1[C@H](C)CCC[C@@H]1C. The van der Waals surface area contributed by atoms with Gasteiger partial charge in [-0.3, -0.25) is 4.79 Å². The molecule has 0 bridgehead atoms. The minimum Gasteiger partial charge on any atom is -0.337 e. The fourth-order valence-electron chi connectivity index (χ4n) is 2.51. The van der Waals surface area contributed by atoms with E-state index in [0.717, 1.165) is 19.4 Å². The van der Waals surface area contributed by atoms with Crippen molar-refractivity contribution in [3.63, 3.8) is 0 Å². The Morgan fingerprint density at radius 2 is 1.88 bits per heavy atom. The van der Waals surface area contributed by atoms with Crippen LogP contribution in [0.3, 0.4) is 0 Å². The molecule has 0 radical (unpaired) electrons. The van der Waals surface area contributed by atoms with Crippen LogP contribution in [0.15, 0.2) is 0 Å². The number of piperidine rings is 1. The molecule has 0 aliphatic carbocycles. The molecule has 1 fully saturated rings. The number of hydrogen-bond acceptors (Lipinski definition) is 2. The van der Waals surface area contributed by atoms with E-state index in [1.807, 2.05) is 0 Å². The molecule has 0 aromatic heterocycles. The second-order valence-corrected chi connectivity index (χ2v) is 5.29. The number of nitrogens with zero attached hydrogens (tertiary/aromatic N) is 1. The molecule has 3 heteroatoms.